The Balaban J connectivity index is 3.08. The van der Waals surface area contributed by atoms with Gasteiger partial charge in [-0.3, -0.25) is 0 Å². The molecule has 0 radical (unpaired) electrons. The molecule has 1 rings (SSSR count). The molecule has 0 saturated carbocycles. The number of ether oxygens (including phenoxy) is 1. The van der Waals surface area contributed by atoms with Crippen molar-refractivity contribution in [2.24, 2.45) is 0 Å². The molecule has 0 aliphatic heterocycles. The van der Waals surface area contributed by atoms with Gasteiger partial charge < -0.3 is 9.84 Å². The van der Waals surface area contributed by atoms with E-state index >= 15 is 0 Å². The zero-order chi connectivity index (χ0) is 10.7. The van der Waals surface area contributed by atoms with Gasteiger partial charge >= 0.3 is 5.97 Å². The van der Waals surface area contributed by atoms with Crippen LogP contribution in [0.15, 0.2) is 22.7 Å². The Morgan fingerprint density at radius 3 is 2.64 bits per heavy atom. The van der Waals surface area contributed by atoms with Crippen LogP contribution in [0.2, 0.25) is 0 Å². The van der Waals surface area contributed by atoms with Gasteiger partial charge in [0.2, 0.25) is 0 Å². The average Bonchev–Trinajstić information content (AvgIpc) is 2.07. The number of benzene rings is 1. The van der Waals surface area contributed by atoms with Crippen LogP contribution >= 0.6 is 15.9 Å². The van der Waals surface area contributed by atoms with Gasteiger partial charge in [-0.1, -0.05) is 15.9 Å². The predicted octanol–water partition coefficient (Wildman–Crippen LogP) is 2.93. The second-order valence-corrected chi connectivity index (χ2v) is 4.03. The molecule has 0 aliphatic rings. The molecule has 0 bridgehead atoms. The van der Waals surface area contributed by atoms with E-state index in [2.05, 4.69) is 15.9 Å². The summed E-state index contributed by atoms with van der Waals surface area (Å²) in [6, 6.07) is 4.93. The first-order chi connectivity index (χ1) is 6.50. The molecule has 0 amide bonds. The van der Waals surface area contributed by atoms with Crippen LogP contribution in [0, 0.1) is 0 Å². The molecule has 14 heavy (non-hydrogen) atoms. The zero-order valence-electron chi connectivity index (χ0n) is 7.95. The molecule has 76 valence electrons. The van der Waals surface area contributed by atoms with Gasteiger partial charge in [-0.2, -0.15) is 0 Å². The van der Waals surface area contributed by atoms with Crippen molar-refractivity contribution in [3.63, 3.8) is 0 Å². The van der Waals surface area contributed by atoms with Gasteiger partial charge in [-0.15, -0.1) is 0 Å². The second kappa shape index (κ2) is 4.46. The lowest BCUT2D eigenvalue weighted by atomic mass is 10.2. The summed E-state index contributed by atoms with van der Waals surface area (Å²) in [5, 5.41) is 8.90. The lowest BCUT2D eigenvalue weighted by Crippen LogP contribution is -2.09. The highest BCUT2D eigenvalue weighted by Crippen LogP contribution is 2.24. The van der Waals surface area contributed by atoms with Gasteiger partial charge in [0.15, 0.2) is 0 Å². The number of hydrogen-bond donors (Lipinski definition) is 1. The minimum absolute atomic E-state index is 0.0331. The number of carboxylic acids is 1. The van der Waals surface area contributed by atoms with E-state index in [1.54, 1.807) is 12.1 Å². The van der Waals surface area contributed by atoms with E-state index < -0.39 is 5.97 Å². The summed E-state index contributed by atoms with van der Waals surface area (Å²) in [6.45, 7) is 3.71. The molecule has 0 fully saturated rings. The van der Waals surface area contributed by atoms with Gasteiger partial charge in [0.1, 0.15) is 11.3 Å². The Morgan fingerprint density at radius 2 is 2.14 bits per heavy atom. The van der Waals surface area contributed by atoms with E-state index in [1.807, 2.05) is 13.8 Å². The van der Waals surface area contributed by atoms with Crippen molar-refractivity contribution in [2.75, 3.05) is 0 Å². The molecule has 0 spiro atoms. The van der Waals surface area contributed by atoms with Gasteiger partial charge in [0, 0.05) is 4.47 Å². The lowest BCUT2D eigenvalue weighted by molar-refractivity contribution is 0.0690. The highest BCUT2D eigenvalue weighted by Gasteiger charge is 2.12. The van der Waals surface area contributed by atoms with Crippen LogP contribution in [-0.2, 0) is 0 Å². The number of hydrogen-bond acceptors (Lipinski definition) is 2. The Hall–Kier alpha value is -1.03. The summed E-state index contributed by atoms with van der Waals surface area (Å²) in [6.07, 6.45) is -0.0331. The van der Waals surface area contributed by atoms with E-state index in [1.165, 1.54) is 6.07 Å². The maximum Gasteiger partial charge on any atom is 0.339 e. The number of carboxylic acid groups (broad SMARTS) is 1. The summed E-state index contributed by atoms with van der Waals surface area (Å²) in [7, 11) is 0. The van der Waals surface area contributed by atoms with E-state index in [9.17, 15) is 4.79 Å². The molecule has 0 heterocycles. The smallest absolute Gasteiger partial charge is 0.339 e. The first kappa shape index (κ1) is 11.0. The van der Waals surface area contributed by atoms with E-state index in [4.69, 9.17) is 9.84 Å². The predicted molar refractivity (Wildman–Crippen MR) is 56.9 cm³/mol. The average molecular weight is 259 g/mol. The number of rotatable bonds is 3. The molecule has 0 atom stereocenters. The first-order valence-electron chi connectivity index (χ1n) is 4.20. The summed E-state index contributed by atoms with van der Waals surface area (Å²) in [4.78, 5) is 10.9. The standard InChI is InChI=1S/C10H11BrO3/c1-6(2)14-9-4-3-7(11)5-8(9)10(12)13/h3-6H,1-2H3,(H,12,13). The Bertz CT molecular complexity index is 347. The molecule has 1 N–H and O–H groups in total. The monoisotopic (exact) mass is 258 g/mol. The fraction of sp³-hybridized carbons (Fsp3) is 0.300. The topological polar surface area (TPSA) is 46.5 Å². The van der Waals surface area contributed by atoms with Gasteiger partial charge in [-0.05, 0) is 32.0 Å². The highest BCUT2D eigenvalue weighted by atomic mass is 79.9. The third-order valence-electron chi connectivity index (χ3n) is 1.53. The van der Waals surface area contributed by atoms with Crippen molar-refractivity contribution >= 4 is 21.9 Å². The number of carbonyl (C=O) groups is 1. The maximum absolute atomic E-state index is 10.9. The van der Waals surface area contributed by atoms with Crippen LogP contribution in [-0.4, -0.2) is 17.2 Å². The van der Waals surface area contributed by atoms with Gasteiger partial charge in [0.25, 0.3) is 0 Å². The Labute approximate surface area is 90.8 Å². The number of halogens is 1. The molecule has 0 aliphatic carbocycles. The summed E-state index contributed by atoms with van der Waals surface area (Å²) in [5.74, 6) is -0.586. The molecule has 0 unspecified atom stereocenters. The van der Waals surface area contributed by atoms with Crippen molar-refractivity contribution < 1.29 is 14.6 Å². The molecular formula is C10H11BrO3. The van der Waals surface area contributed by atoms with Gasteiger partial charge in [0.05, 0.1) is 6.10 Å². The highest BCUT2D eigenvalue weighted by molar-refractivity contribution is 9.10. The Morgan fingerprint density at radius 1 is 1.50 bits per heavy atom. The minimum Gasteiger partial charge on any atom is -0.490 e. The molecule has 0 saturated heterocycles. The lowest BCUT2D eigenvalue weighted by Gasteiger charge is -2.12. The zero-order valence-corrected chi connectivity index (χ0v) is 9.54. The molecule has 1 aromatic carbocycles. The van der Waals surface area contributed by atoms with Crippen molar-refractivity contribution in [1.82, 2.24) is 0 Å². The van der Waals surface area contributed by atoms with E-state index in [-0.39, 0.29) is 11.7 Å². The van der Waals surface area contributed by atoms with Crippen LogP contribution in [0.1, 0.15) is 24.2 Å². The molecule has 1 aromatic rings. The minimum atomic E-state index is -0.984. The van der Waals surface area contributed by atoms with Crippen molar-refractivity contribution in [2.45, 2.75) is 20.0 Å². The molecule has 3 nitrogen and oxygen atoms in total. The van der Waals surface area contributed by atoms with E-state index in [0.29, 0.717) is 5.75 Å². The Kier molecular flexibility index (Phi) is 3.52. The SMILES string of the molecule is CC(C)Oc1ccc(Br)cc1C(=O)O. The van der Waals surface area contributed by atoms with Crippen LogP contribution in [0.3, 0.4) is 0 Å². The van der Waals surface area contributed by atoms with Gasteiger partial charge in [-0.25, -0.2) is 4.79 Å². The molecular weight excluding hydrogens is 248 g/mol. The maximum atomic E-state index is 10.9. The van der Waals surface area contributed by atoms with E-state index in [0.717, 1.165) is 4.47 Å². The van der Waals surface area contributed by atoms with Crippen LogP contribution in [0.5, 0.6) is 5.75 Å². The molecule has 0 aromatic heterocycles. The molecule has 4 heteroatoms. The third kappa shape index (κ3) is 2.73. The second-order valence-electron chi connectivity index (χ2n) is 3.11. The van der Waals surface area contributed by atoms with Crippen LogP contribution < -0.4 is 4.74 Å². The third-order valence-corrected chi connectivity index (χ3v) is 2.03. The quantitative estimate of drug-likeness (QED) is 0.907. The number of aromatic carboxylic acids is 1. The van der Waals surface area contributed by atoms with Crippen molar-refractivity contribution in [3.05, 3.63) is 28.2 Å². The summed E-state index contributed by atoms with van der Waals surface area (Å²) in [5.41, 5.74) is 0.174. The van der Waals surface area contributed by atoms with Crippen LogP contribution in [0.25, 0.3) is 0 Å². The van der Waals surface area contributed by atoms with Crippen molar-refractivity contribution in [3.8, 4) is 5.75 Å². The first-order valence-corrected chi connectivity index (χ1v) is 4.99. The largest absolute Gasteiger partial charge is 0.490 e. The summed E-state index contributed by atoms with van der Waals surface area (Å²) >= 11 is 3.21. The fourth-order valence-electron chi connectivity index (χ4n) is 1.03. The summed E-state index contributed by atoms with van der Waals surface area (Å²) < 4.78 is 6.09. The normalized spacial score (nSPS) is 10.3. The van der Waals surface area contributed by atoms with Crippen molar-refractivity contribution in [1.29, 1.82) is 0 Å². The van der Waals surface area contributed by atoms with Crippen LogP contribution in [0.4, 0.5) is 0 Å². The fourth-order valence-corrected chi connectivity index (χ4v) is 1.39.